The third-order valence-electron chi connectivity index (χ3n) is 2.93. The van der Waals surface area contributed by atoms with Crippen LogP contribution < -0.4 is 16.0 Å². The Balaban J connectivity index is 1.76. The number of hydrogen-bond donors (Lipinski definition) is 3. The summed E-state index contributed by atoms with van der Waals surface area (Å²) < 4.78 is 12.8. The molecule has 2 rings (SSSR count). The number of guanidine groups is 1. The molecule has 3 N–H and O–H groups in total. The van der Waals surface area contributed by atoms with Crippen LogP contribution in [0.25, 0.3) is 0 Å². The van der Waals surface area contributed by atoms with Gasteiger partial charge in [-0.1, -0.05) is 6.07 Å². The minimum absolute atomic E-state index is 0.0409. The van der Waals surface area contributed by atoms with Crippen LogP contribution in [0.4, 0.5) is 10.1 Å². The van der Waals surface area contributed by atoms with E-state index < -0.39 is 0 Å². The van der Waals surface area contributed by atoms with Gasteiger partial charge in [0.15, 0.2) is 5.96 Å². The minimum Gasteiger partial charge on any atom is -0.351 e. The lowest BCUT2D eigenvalue weighted by Gasteiger charge is -2.11. The molecule has 6 nitrogen and oxygen atoms in total. The summed E-state index contributed by atoms with van der Waals surface area (Å²) in [5.74, 6) is -0.109. The lowest BCUT2D eigenvalue weighted by atomic mass is 10.3. The molecular weight excluding hydrogens is 297 g/mol. The highest BCUT2D eigenvalue weighted by molar-refractivity contribution is 5.94. The molecule has 0 bridgehead atoms. The van der Waals surface area contributed by atoms with E-state index in [9.17, 15) is 9.18 Å². The molecule has 7 heteroatoms. The Morgan fingerprint density at radius 2 is 1.96 bits per heavy atom. The highest BCUT2D eigenvalue weighted by Gasteiger charge is 2.04. The van der Waals surface area contributed by atoms with E-state index in [4.69, 9.17) is 0 Å². The molecule has 0 unspecified atom stereocenters. The molecule has 0 atom stereocenters. The maximum atomic E-state index is 12.8. The van der Waals surface area contributed by atoms with Gasteiger partial charge < -0.3 is 16.0 Å². The van der Waals surface area contributed by atoms with Gasteiger partial charge in [0.25, 0.3) is 0 Å². The van der Waals surface area contributed by atoms with Gasteiger partial charge in [0.2, 0.25) is 5.91 Å². The first-order valence-electron chi connectivity index (χ1n) is 7.07. The summed E-state index contributed by atoms with van der Waals surface area (Å²) in [6.45, 7) is 0.541. The number of benzene rings is 1. The summed E-state index contributed by atoms with van der Waals surface area (Å²) in [4.78, 5) is 20.0. The number of nitrogens with zero attached hydrogens (tertiary/aromatic N) is 2. The van der Waals surface area contributed by atoms with Crippen LogP contribution in [0, 0.1) is 5.82 Å². The average molecular weight is 315 g/mol. The predicted molar refractivity (Wildman–Crippen MR) is 87.5 cm³/mol. The number of carbonyl (C=O) groups excluding carboxylic acids is 1. The summed E-state index contributed by atoms with van der Waals surface area (Å²) in [7, 11) is 1.62. The van der Waals surface area contributed by atoms with Crippen LogP contribution >= 0.6 is 0 Å². The molecule has 1 aromatic carbocycles. The van der Waals surface area contributed by atoms with Crippen LogP contribution in [-0.2, 0) is 11.3 Å². The van der Waals surface area contributed by atoms with Gasteiger partial charge in [-0.15, -0.1) is 0 Å². The van der Waals surface area contributed by atoms with Crippen molar-refractivity contribution in [2.75, 3.05) is 18.9 Å². The smallest absolute Gasteiger partial charge is 0.243 e. The molecular formula is C16H18FN5O. The molecule has 0 spiro atoms. The predicted octanol–water partition coefficient (Wildman–Crippen LogP) is 1.52. The molecule has 2 aromatic rings. The van der Waals surface area contributed by atoms with Crippen LogP contribution in [0.5, 0.6) is 0 Å². The molecule has 0 aliphatic rings. The number of rotatable bonds is 5. The Morgan fingerprint density at radius 3 is 2.61 bits per heavy atom. The zero-order valence-corrected chi connectivity index (χ0v) is 12.7. The molecule has 1 amide bonds. The standard InChI is InChI=1S/C16H18FN5O/c1-18-16(20-10-14-4-2-3-9-19-14)21-11-15(23)22-13-7-5-12(17)6-8-13/h2-9H,10-11H2,1H3,(H,22,23)(H2,18,20,21). The van der Waals surface area contributed by atoms with E-state index >= 15 is 0 Å². The number of anilines is 1. The summed E-state index contributed by atoms with van der Waals surface area (Å²) in [5.41, 5.74) is 1.40. The van der Waals surface area contributed by atoms with Gasteiger partial charge in [0, 0.05) is 18.9 Å². The van der Waals surface area contributed by atoms with E-state index in [1.165, 1.54) is 24.3 Å². The molecule has 0 aliphatic carbocycles. The molecule has 120 valence electrons. The summed E-state index contributed by atoms with van der Waals surface area (Å²) in [6, 6.07) is 11.2. The third kappa shape index (κ3) is 5.74. The van der Waals surface area contributed by atoms with E-state index in [1.807, 2.05) is 18.2 Å². The lowest BCUT2D eigenvalue weighted by Crippen LogP contribution is -2.41. The van der Waals surface area contributed by atoms with Crippen LogP contribution in [0.1, 0.15) is 5.69 Å². The maximum absolute atomic E-state index is 12.8. The second kappa shape index (κ2) is 8.47. The zero-order valence-electron chi connectivity index (χ0n) is 12.7. The summed E-state index contributed by atoms with van der Waals surface area (Å²) >= 11 is 0. The molecule has 1 heterocycles. The van der Waals surface area contributed by atoms with E-state index in [0.717, 1.165) is 5.69 Å². The third-order valence-corrected chi connectivity index (χ3v) is 2.93. The first kappa shape index (κ1) is 16.4. The van der Waals surface area contributed by atoms with Crippen molar-refractivity contribution in [2.24, 2.45) is 4.99 Å². The lowest BCUT2D eigenvalue weighted by molar-refractivity contribution is -0.115. The van der Waals surface area contributed by atoms with Crippen LogP contribution in [0.3, 0.4) is 0 Å². The number of nitrogens with one attached hydrogen (secondary N) is 3. The molecule has 0 saturated heterocycles. The molecule has 0 fully saturated rings. The summed E-state index contributed by atoms with van der Waals surface area (Å²) in [6.07, 6.45) is 1.71. The molecule has 0 aliphatic heterocycles. The topological polar surface area (TPSA) is 78.4 Å². The van der Waals surface area contributed by atoms with Gasteiger partial charge in [-0.05, 0) is 36.4 Å². The normalized spacial score (nSPS) is 11.0. The van der Waals surface area contributed by atoms with Gasteiger partial charge in [-0.25, -0.2) is 4.39 Å². The number of aliphatic imine (C=N–C) groups is 1. The molecule has 1 aromatic heterocycles. The molecule has 0 saturated carbocycles. The second-order valence-corrected chi connectivity index (χ2v) is 4.66. The number of pyridine rings is 1. The molecule has 23 heavy (non-hydrogen) atoms. The first-order chi connectivity index (χ1) is 11.2. The fraction of sp³-hybridized carbons (Fsp3) is 0.188. The van der Waals surface area contributed by atoms with Gasteiger partial charge in [-0.2, -0.15) is 0 Å². The average Bonchev–Trinajstić information content (AvgIpc) is 2.58. The number of aromatic nitrogens is 1. The van der Waals surface area contributed by atoms with E-state index in [2.05, 4.69) is 25.9 Å². The Bertz CT molecular complexity index is 658. The van der Waals surface area contributed by atoms with Gasteiger partial charge in [0.05, 0.1) is 18.8 Å². The van der Waals surface area contributed by atoms with Crippen LogP contribution in [0.15, 0.2) is 53.7 Å². The van der Waals surface area contributed by atoms with Crippen LogP contribution in [-0.4, -0.2) is 30.4 Å². The van der Waals surface area contributed by atoms with Gasteiger partial charge >= 0.3 is 0 Å². The second-order valence-electron chi connectivity index (χ2n) is 4.66. The SMILES string of the molecule is CN=C(NCC(=O)Nc1ccc(F)cc1)NCc1ccccn1. The van der Waals surface area contributed by atoms with Crippen LogP contribution in [0.2, 0.25) is 0 Å². The highest BCUT2D eigenvalue weighted by atomic mass is 19.1. The van der Waals surface area contributed by atoms with Crippen molar-refractivity contribution in [3.63, 3.8) is 0 Å². The van der Waals surface area contributed by atoms with Crippen molar-refractivity contribution in [3.8, 4) is 0 Å². The number of amides is 1. The number of halogens is 1. The fourth-order valence-electron chi connectivity index (χ4n) is 1.80. The quantitative estimate of drug-likeness (QED) is 0.577. The number of hydrogen-bond acceptors (Lipinski definition) is 3. The maximum Gasteiger partial charge on any atom is 0.243 e. The fourth-order valence-corrected chi connectivity index (χ4v) is 1.80. The monoisotopic (exact) mass is 315 g/mol. The highest BCUT2D eigenvalue weighted by Crippen LogP contribution is 2.07. The van der Waals surface area contributed by atoms with Crippen molar-refractivity contribution >= 4 is 17.6 Å². The van der Waals surface area contributed by atoms with Gasteiger partial charge in [0.1, 0.15) is 5.82 Å². The Labute approximate surface area is 133 Å². The van der Waals surface area contributed by atoms with E-state index in [1.54, 1.807) is 13.2 Å². The van der Waals surface area contributed by atoms with Crippen molar-refractivity contribution in [3.05, 3.63) is 60.2 Å². The largest absolute Gasteiger partial charge is 0.351 e. The van der Waals surface area contributed by atoms with E-state index in [0.29, 0.717) is 18.2 Å². The van der Waals surface area contributed by atoms with Crippen molar-refractivity contribution in [1.82, 2.24) is 15.6 Å². The zero-order chi connectivity index (χ0) is 16.5. The van der Waals surface area contributed by atoms with Gasteiger partial charge in [-0.3, -0.25) is 14.8 Å². The summed E-state index contributed by atoms with van der Waals surface area (Å²) in [5, 5.41) is 8.61. The van der Waals surface area contributed by atoms with Crippen molar-refractivity contribution in [1.29, 1.82) is 0 Å². The Kier molecular flexibility index (Phi) is 6.05. The first-order valence-corrected chi connectivity index (χ1v) is 7.07. The van der Waals surface area contributed by atoms with Crippen molar-refractivity contribution in [2.45, 2.75) is 6.54 Å². The Morgan fingerprint density at radius 1 is 1.17 bits per heavy atom. The minimum atomic E-state index is -0.347. The van der Waals surface area contributed by atoms with Crippen molar-refractivity contribution < 1.29 is 9.18 Å². The van der Waals surface area contributed by atoms with E-state index in [-0.39, 0.29) is 18.3 Å². The molecule has 0 radical (unpaired) electrons. The number of carbonyl (C=O) groups is 1. The Hall–Kier alpha value is -2.96.